The van der Waals surface area contributed by atoms with Crippen LogP contribution in [0.3, 0.4) is 0 Å². The lowest BCUT2D eigenvalue weighted by Crippen LogP contribution is -2.24. The number of aliphatic hydroxyl groups excluding tert-OH is 1. The summed E-state index contributed by atoms with van der Waals surface area (Å²) in [5.74, 6) is -0.171. The van der Waals surface area contributed by atoms with Crippen LogP contribution in [0, 0.1) is 6.92 Å². The molecule has 0 saturated carbocycles. The van der Waals surface area contributed by atoms with Crippen molar-refractivity contribution in [3.8, 4) is 0 Å². The molecule has 4 N–H and O–H groups in total. The molecule has 2 aromatic carbocycles. The van der Waals surface area contributed by atoms with Gasteiger partial charge in [-0.3, -0.25) is 4.79 Å². The number of carbonyl (C=O) groups excluding carboxylic acids is 1. The van der Waals surface area contributed by atoms with Gasteiger partial charge in [-0.05, 0) is 35.7 Å². The minimum atomic E-state index is -0.171. The minimum Gasteiger partial charge on any atom is -0.398 e. The fraction of sp³-hybridized carbons (Fsp3) is 0.188. The second kappa shape index (κ2) is 6.74. The molecule has 21 heavy (non-hydrogen) atoms. The number of hydrogen-bond acceptors (Lipinski definition) is 3. The SMILES string of the molecule is Cc1c(N)cc(Br)cc1C(=O)NCc1cccc(CO)c1. The number of halogens is 1. The molecule has 1 amide bonds. The van der Waals surface area contributed by atoms with Gasteiger partial charge in [0, 0.05) is 22.3 Å². The van der Waals surface area contributed by atoms with E-state index in [9.17, 15) is 4.79 Å². The maximum Gasteiger partial charge on any atom is 0.251 e. The molecule has 0 aliphatic rings. The van der Waals surface area contributed by atoms with E-state index in [0.29, 0.717) is 17.8 Å². The Bertz CT molecular complexity index is 671. The van der Waals surface area contributed by atoms with Crippen molar-refractivity contribution in [3.05, 3.63) is 63.1 Å². The Morgan fingerprint density at radius 3 is 2.71 bits per heavy atom. The van der Waals surface area contributed by atoms with E-state index in [1.54, 1.807) is 12.1 Å². The number of rotatable bonds is 4. The van der Waals surface area contributed by atoms with Crippen LogP contribution < -0.4 is 11.1 Å². The molecular weight excluding hydrogens is 332 g/mol. The molecule has 2 aromatic rings. The van der Waals surface area contributed by atoms with Crippen molar-refractivity contribution >= 4 is 27.5 Å². The highest BCUT2D eigenvalue weighted by molar-refractivity contribution is 9.10. The van der Waals surface area contributed by atoms with Gasteiger partial charge in [-0.15, -0.1) is 0 Å². The van der Waals surface area contributed by atoms with Crippen molar-refractivity contribution in [2.45, 2.75) is 20.1 Å². The van der Waals surface area contributed by atoms with E-state index in [4.69, 9.17) is 10.8 Å². The van der Waals surface area contributed by atoms with Gasteiger partial charge >= 0.3 is 0 Å². The van der Waals surface area contributed by atoms with Crippen LogP contribution in [0.25, 0.3) is 0 Å². The Morgan fingerprint density at radius 2 is 2.00 bits per heavy atom. The molecule has 0 aliphatic heterocycles. The Kier molecular flexibility index (Phi) is 4.98. The number of aliphatic hydroxyl groups is 1. The van der Waals surface area contributed by atoms with Crippen molar-refractivity contribution in [2.24, 2.45) is 0 Å². The molecule has 110 valence electrons. The molecule has 0 spiro atoms. The topological polar surface area (TPSA) is 75.4 Å². The molecule has 0 fully saturated rings. The van der Waals surface area contributed by atoms with Gasteiger partial charge in [0.2, 0.25) is 0 Å². The molecule has 0 atom stereocenters. The third-order valence-electron chi connectivity index (χ3n) is 3.28. The highest BCUT2D eigenvalue weighted by atomic mass is 79.9. The summed E-state index contributed by atoms with van der Waals surface area (Å²) in [6, 6.07) is 11.0. The summed E-state index contributed by atoms with van der Waals surface area (Å²) in [5, 5.41) is 12.0. The molecule has 0 bridgehead atoms. The van der Waals surface area contributed by atoms with Crippen molar-refractivity contribution in [1.29, 1.82) is 0 Å². The first kappa shape index (κ1) is 15.5. The second-order valence-corrected chi connectivity index (χ2v) is 5.74. The molecule has 0 aliphatic carbocycles. The number of hydrogen-bond donors (Lipinski definition) is 3. The highest BCUT2D eigenvalue weighted by Gasteiger charge is 2.12. The van der Waals surface area contributed by atoms with E-state index in [-0.39, 0.29) is 12.5 Å². The van der Waals surface area contributed by atoms with Gasteiger partial charge in [-0.25, -0.2) is 0 Å². The average molecular weight is 349 g/mol. The van der Waals surface area contributed by atoms with Gasteiger partial charge in [0.1, 0.15) is 0 Å². The third kappa shape index (κ3) is 3.83. The number of carbonyl (C=O) groups is 1. The summed E-state index contributed by atoms with van der Waals surface area (Å²) < 4.78 is 0.776. The molecule has 0 aromatic heterocycles. The molecule has 0 saturated heterocycles. The molecular formula is C16H17BrN2O2. The van der Waals surface area contributed by atoms with Crippen LogP contribution in [0.5, 0.6) is 0 Å². The first-order chi connectivity index (χ1) is 10.0. The van der Waals surface area contributed by atoms with Crippen molar-refractivity contribution < 1.29 is 9.90 Å². The molecule has 5 heteroatoms. The van der Waals surface area contributed by atoms with Crippen LogP contribution in [0.2, 0.25) is 0 Å². The standard InChI is InChI=1S/C16H17BrN2O2/c1-10-14(6-13(17)7-15(10)18)16(21)19-8-11-3-2-4-12(5-11)9-20/h2-7,20H,8-9,18H2,1H3,(H,19,21). The monoisotopic (exact) mass is 348 g/mol. The summed E-state index contributed by atoms with van der Waals surface area (Å²) in [7, 11) is 0. The summed E-state index contributed by atoms with van der Waals surface area (Å²) in [5.41, 5.74) is 9.53. The van der Waals surface area contributed by atoms with E-state index in [1.165, 1.54) is 0 Å². The molecule has 0 unspecified atom stereocenters. The smallest absolute Gasteiger partial charge is 0.251 e. The van der Waals surface area contributed by atoms with Gasteiger partial charge in [0.25, 0.3) is 5.91 Å². The van der Waals surface area contributed by atoms with Gasteiger partial charge in [0.15, 0.2) is 0 Å². The van der Waals surface area contributed by atoms with Gasteiger partial charge < -0.3 is 16.2 Å². The Balaban J connectivity index is 2.11. The summed E-state index contributed by atoms with van der Waals surface area (Å²) in [4.78, 5) is 12.3. The number of amides is 1. The zero-order valence-electron chi connectivity index (χ0n) is 11.7. The van der Waals surface area contributed by atoms with Crippen molar-refractivity contribution in [1.82, 2.24) is 5.32 Å². The van der Waals surface area contributed by atoms with Crippen LogP contribution in [0.1, 0.15) is 27.0 Å². The predicted octanol–water partition coefficient (Wildman–Crippen LogP) is 2.76. The Morgan fingerprint density at radius 1 is 1.29 bits per heavy atom. The molecule has 0 radical (unpaired) electrons. The molecule has 2 rings (SSSR count). The number of nitrogens with two attached hydrogens (primary N) is 1. The Labute approximate surface area is 132 Å². The number of nitrogen functional groups attached to an aromatic ring is 1. The highest BCUT2D eigenvalue weighted by Crippen LogP contribution is 2.22. The van der Waals surface area contributed by atoms with Gasteiger partial charge in [-0.1, -0.05) is 40.2 Å². The summed E-state index contributed by atoms with van der Waals surface area (Å²) >= 11 is 3.34. The average Bonchev–Trinajstić information content (AvgIpc) is 2.48. The van der Waals surface area contributed by atoms with Crippen LogP contribution in [0.4, 0.5) is 5.69 Å². The Hall–Kier alpha value is -1.85. The lowest BCUT2D eigenvalue weighted by Gasteiger charge is -2.11. The van der Waals surface area contributed by atoms with Gasteiger partial charge in [0.05, 0.1) is 6.61 Å². The maximum absolute atomic E-state index is 12.3. The minimum absolute atomic E-state index is 0.0109. The number of benzene rings is 2. The number of anilines is 1. The third-order valence-corrected chi connectivity index (χ3v) is 3.74. The lowest BCUT2D eigenvalue weighted by molar-refractivity contribution is 0.0950. The fourth-order valence-electron chi connectivity index (χ4n) is 2.05. The van der Waals surface area contributed by atoms with Crippen molar-refractivity contribution in [3.63, 3.8) is 0 Å². The van der Waals surface area contributed by atoms with Crippen LogP contribution in [0.15, 0.2) is 40.9 Å². The van der Waals surface area contributed by atoms with E-state index < -0.39 is 0 Å². The fourth-order valence-corrected chi connectivity index (χ4v) is 2.53. The summed E-state index contributed by atoms with van der Waals surface area (Å²) in [6.45, 7) is 2.21. The van der Waals surface area contributed by atoms with E-state index in [2.05, 4.69) is 21.2 Å². The quantitative estimate of drug-likeness (QED) is 0.743. The van der Waals surface area contributed by atoms with Crippen LogP contribution in [-0.4, -0.2) is 11.0 Å². The van der Waals surface area contributed by atoms with E-state index in [1.807, 2.05) is 31.2 Å². The largest absolute Gasteiger partial charge is 0.398 e. The van der Waals surface area contributed by atoms with Crippen molar-refractivity contribution in [2.75, 3.05) is 5.73 Å². The first-order valence-corrected chi connectivity index (χ1v) is 7.33. The zero-order chi connectivity index (χ0) is 15.4. The summed E-state index contributed by atoms with van der Waals surface area (Å²) in [6.07, 6.45) is 0. The first-order valence-electron chi connectivity index (χ1n) is 6.53. The lowest BCUT2D eigenvalue weighted by atomic mass is 10.1. The predicted molar refractivity (Wildman–Crippen MR) is 86.8 cm³/mol. The van der Waals surface area contributed by atoms with Crippen LogP contribution >= 0.6 is 15.9 Å². The van der Waals surface area contributed by atoms with Gasteiger partial charge in [-0.2, -0.15) is 0 Å². The van der Waals surface area contributed by atoms with E-state index >= 15 is 0 Å². The van der Waals surface area contributed by atoms with E-state index in [0.717, 1.165) is 21.2 Å². The normalized spacial score (nSPS) is 10.4. The number of nitrogens with one attached hydrogen (secondary N) is 1. The molecule has 4 nitrogen and oxygen atoms in total. The second-order valence-electron chi connectivity index (χ2n) is 4.83. The van der Waals surface area contributed by atoms with Crippen LogP contribution in [-0.2, 0) is 13.2 Å². The maximum atomic E-state index is 12.3. The molecule has 0 heterocycles. The zero-order valence-corrected chi connectivity index (χ0v) is 13.3.